The Labute approximate surface area is 104 Å². The van der Waals surface area contributed by atoms with E-state index in [4.69, 9.17) is 0 Å². The zero-order valence-corrected chi connectivity index (χ0v) is 9.78. The van der Waals surface area contributed by atoms with Gasteiger partial charge in [0.1, 0.15) is 5.75 Å². The van der Waals surface area contributed by atoms with Gasteiger partial charge in [-0.1, -0.05) is 17.3 Å². The second-order valence-electron chi connectivity index (χ2n) is 3.79. The lowest BCUT2D eigenvalue weighted by Gasteiger charge is -2.06. The number of benzene rings is 1. The Kier molecular flexibility index (Phi) is 3.90. The van der Waals surface area contributed by atoms with E-state index < -0.39 is 0 Å². The minimum absolute atomic E-state index is 0.00808. The van der Waals surface area contributed by atoms with Gasteiger partial charge in [0.2, 0.25) is 0 Å². The molecule has 6 heteroatoms. The van der Waals surface area contributed by atoms with Crippen molar-refractivity contribution < 1.29 is 9.90 Å². The first-order valence-corrected chi connectivity index (χ1v) is 5.67. The van der Waals surface area contributed by atoms with Gasteiger partial charge < -0.3 is 10.4 Å². The topological polar surface area (TPSA) is 80.0 Å². The number of nitrogens with zero attached hydrogens (tertiary/aromatic N) is 3. The van der Waals surface area contributed by atoms with Crippen molar-refractivity contribution >= 4 is 5.91 Å². The van der Waals surface area contributed by atoms with E-state index in [0.717, 1.165) is 6.42 Å². The van der Waals surface area contributed by atoms with Gasteiger partial charge in [0, 0.05) is 19.3 Å². The molecule has 2 rings (SSSR count). The first kappa shape index (κ1) is 12.1. The molecule has 1 heterocycles. The van der Waals surface area contributed by atoms with Crippen LogP contribution in [0.5, 0.6) is 5.75 Å². The number of hydrogen-bond acceptors (Lipinski definition) is 4. The Balaban J connectivity index is 1.77. The maximum atomic E-state index is 11.7. The second kappa shape index (κ2) is 5.81. The summed E-state index contributed by atoms with van der Waals surface area (Å²) < 4.78 is 1.70. The van der Waals surface area contributed by atoms with Gasteiger partial charge in [-0.05, 0) is 18.6 Å². The molecule has 0 unspecified atom stereocenters. The van der Waals surface area contributed by atoms with Crippen molar-refractivity contribution in [2.75, 3.05) is 6.54 Å². The highest BCUT2D eigenvalue weighted by molar-refractivity contribution is 5.96. The number of aromatic nitrogens is 3. The molecule has 0 saturated heterocycles. The molecule has 0 spiro atoms. The minimum Gasteiger partial charge on any atom is -0.507 e. The van der Waals surface area contributed by atoms with Gasteiger partial charge in [-0.25, -0.2) is 0 Å². The molecule has 0 aliphatic rings. The molecule has 0 atom stereocenters. The van der Waals surface area contributed by atoms with Crippen molar-refractivity contribution in [2.45, 2.75) is 13.0 Å². The summed E-state index contributed by atoms with van der Waals surface area (Å²) in [6.07, 6.45) is 4.13. The maximum absolute atomic E-state index is 11.7. The second-order valence-corrected chi connectivity index (χ2v) is 3.79. The highest BCUT2D eigenvalue weighted by atomic mass is 16.3. The first-order chi connectivity index (χ1) is 8.77. The van der Waals surface area contributed by atoms with E-state index in [1.807, 2.05) is 0 Å². The Hall–Kier alpha value is -2.37. The number of nitrogens with one attached hydrogen (secondary N) is 1. The Morgan fingerprint density at radius 1 is 1.39 bits per heavy atom. The predicted molar refractivity (Wildman–Crippen MR) is 65.1 cm³/mol. The number of amides is 1. The van der Waals surface area contributed by atoms with Crippen LogP contribution >= 0.6 is 0 Å². The zero-order chi connectivity index (χ0) is 12.8. The summed E-state index contributed by atoms with van der Waals surface area (Å²) in [6, 6.07) is 6.47. The number of para-hydroxylation sites is 1. The number of carbonyl (C=O) groups is 1. The normalized spacial score (nSPS) is 10.2. The smallest absolute Gasteiger partial charge is 0.255 e. The maximum Gasteiger partial charge on any atom is 0.255 e. The number of phenolic OH excluding ortho intramolecular Hbond substituents is 1. The summed E-state index contributed by atoms with van der Waals surface area (Å²) in [7, 11) is 0. The number of phenols is 1. The molecule has 6 nitrogen and oxygen atoms in total. The van der Waals surface area contributed by atoms with Crippen molar-refractivity contribution in [3.8, 4) is 5.75 Å². The standard InChI is InChI=1S/C12H14N4O2/c17-11-5-2-1-4-10(11)12(18)13-6-3-8-16-9-7-14-15-16/h1-2,4-5,7,9,17H,3,6,8H2,(H,13,18). The van der Waals surface area contributed by atoms with Crippen LogP contribution in [0.25, 0.3) is 0 Å². The Morgan fingerprint density at radius 3 is 2.94 bits per heavy atom. The van der Waals surface area contributed by atoms with E-state index in [-0.39, 0.29) is 11.7 Å². The molecule has 0 aliphatic carbocycles. The number of hydrogen-bond donors (Lipinski definition) is 2. The fourth-order valence-electron chi connectivity index (χ4n) is 1.56. The van der Waals surface area contributed by atoms with Crippen molar-refractivity contribution in [1.29, 1.82) is 0 Å². The van der Waals surface area contributed by atoms with E-state index in [1.165, 1.54) is 6.07 Å². The van der Waals surface area contributed by atoms with E-state index in [2.05, 4.69) is 15.6 Å². The highest BCUT2D eigenvalue weighted by Crippen LogP contribution is 2.14. The van der Waals surface area contributed by atoms with Crippen LogP contribution in [-0.4, -0.2) is 32.6 Å². The Morgan fingerprint density at radius 2 is 2.22 bits per heavy atom. The van der Waals surface area contributed by atoms with Crippen molar-refractivity contribution in [1.82, 2.24) is 20.3 Å². The monoisotopic (exact) mass is 246 g/mol. The Bertz CT molecular complexity index is 511. The van der Waals surface area contributed by atoms with Gasteiger partial charge in [-0.2, -0.15) is 0 Å². The average Bonchev–Trinajstić information content (AvgIpc) is 2.88. The van der Waals surface area contributed by atoms with E-state index >= 15 is 0 Å². The van der Waals surface area contributed by atoms with Crippen molar-refractivity contribution in [3.05, 3.63) is 42.2 Å². The molecule has 94 valence electrons. The molecule has 0 bridgehead atoms. The first-order valence-electron chi connectivity index (χ1n) is 5.67. The quantitative estimate of drug-likeness (QED) is 0.765. The van der Waals surface area contributed by atoms with Gasteiger partial charge in [-0.3, -0.25) is 9.48 Å². The summed E-state index contributed by atoms with van der Waals surface area (Å²) in [5.74, 6) is -0.280. The van der Waals surface area contributed by atoms with Crippen molar-refractivity contribution in [2.24, 2.45) is 0 Å². The third-order valence-electron chi connectivity index (χ3n) is 2.47. The molecule has 1 amide bonds. The summed E-state index contributed by atoms with van der Waals surface area (Å²) in [6.45, 7) is 1.22. The molecule has 2 aromatic rings. The van der Waals surface area contributed by atoms with Crippen LogP contribution < -0.4 is 5.32 Å². The molecule has 2 N–H and O–H groups in total. The lowest BCUT2D eigenvalue weighted by molar-refractivity contribution is 0.0950. The summed E-state index contributed by atoms with van der Waals surface area (Å²) in [4.78, 5) is 11.7. The largest absolute Gasteiger partial charge is 0.507 e. The predicted octanol–water partition coefficient (Wildman–Crippen LogP) is 0.804. The molecule has 0 aliphatic heterocycles. The van der Waals surface area contributed by atoms with E-state index in [9.17, 15) is 9.90 Å². The van der Waals surface area contributed by atoms with Gasteiger partial charge >= 0.3 is 0 Å². The molecular formula is C12H14N4O2. The molecule has 1 aromatic carbocycles. The van der Waals surface area contributed by atoms with E-state index in [1.54, 1.807) is 35.3 Å². The van der Waals surface area contributed by atoms with Gasteiger partial charge in [-0.15, -0.1) is 5.10 Å². The SMILES string of the molecule is O=C(NCCCn1ccnn1)c1ccccc1O. The van der Waals surface area contributed by atoms with Crippen LogP contribution in [0.2, 0.25) is 0 Å². The van der Waals surface area contributed by atoms with Crippen LogP contribution in [0.15, 0.2) is 36.7 Å². The lowest BCUT2D eigenvalue weighted by atomic mass is 10.2. The van der Waals surface area contributed by atoms with Crippen molar-refractivity contribution in [3.63, 3.8) is 0 Å². The molecule has 18 heavy (non-hydrogen) atoms. The minimum atomic E-state index is -0.272. The van der Waals surface area contributed by atoms with Crippen LogP contribution in [-0.2, 0) is 6.54 Å². The van der Waals surface area contributed by atoms with Gasteiger partial charge in [0.15, 0.2) is 0 Å². The summed E-state index contributed by atoms with van der Waals surface area (Å²) in [5.41, 5.74) is 0.290. The molecule has 1 aromatic heterocycles. The number of rotatable bonds is 5. The lowest BCUT2D eigenvalue weighted by Crippen LogP contribution is -2.25. The average molecular weight is 246 g/mol. The fourth-order valence-corrected chi connectivity index (χ4v) is 1.56. The van der Waals surface area contributed by atoms with Gasteiger partial charge in [0.25, 0.3) is 5.91 Å². The molecular weight excluding hydrogens is 232 g/mol. The molecule has 0 fully saturated rings. The van der Waals surface area contributed by atoms with Gasteiger partial charge in [0.05, 0.1) is 11.8 Å². The van der Waals surface area contributed by atoms with Crippen LogP contribution in [0.3, 0.4) is 0 Å². The highest BCUT2D eigenvalue weighted by Gasteiger charge is 2.08. The molecule has 0 saturated carbocycles. The van der Waals surface area contributed by atoms with Crippen LogP contribution in [0.1, 0.15) is 16.8 Å². The third kappa shape index (κ3) is 3.07. The zero-order valence-electron chi connectivity index (χ0n) is 9.78. The third-order valence-corrected chi connectivity index (χ3v) is 2.47. The number of carbonyl (C=O) groups excluding carboxylic acids is 1. The van der Waals surface area contributed by atoms with Crippen LogP contribution in [0, 0.1) is 0 Å². The number of aromatic hydroxyl groups is 1. The fraction of sp³-hybridized carbons (Fsp3) is 0.250. The van der Waals surface area contributed by atoms with Crippen LogP contribution in [0.4, 0.5) is 0 Å². The summed E-state index contributed by atoms with van der Waals surface area (Å²) >= 11 is 0. The molecule has 0 radical (unpaired) electrons. The summed E-state index contributed by atoms with van der Waals surface area (Å²) in [5, 5.41) is 19.8. The van der Waals surface area contributed by atoms with E-state index in [0.29, 0.717) is 18.7 Å². The number of aryl methyl sites for hydroxylation is 1.